The molecule has 2 N–H and O–H groups in total. The zero-order valence-corrected chi connectivity index (χ0v) is 9.47. The second kappa shape index (κ2) is 5.54. The highest BCUT2D eigenvalue weighted by molar-refractivity contribution is 5.79. The Morgan fingerprint density at radius 1 is 1.65 bits per heavy atom. The molecule has 1 fully saturated rings. The monoisotopic (exact) mass is 233 g/mol. The molecule has 0 amide bonds. The Morgan fingerprint density at radius 3 is 3.18 bits per heavy atom. The summed E-state index contributed by atoms with van der Waals surface area (Å²) in [6.07, 6.45) is 5.95. The van der Waals surface area contributed by atoms with Gasteiger partial charge in [-0.1, -0.05) is 0 Å². The Balaban J connectivity index is 1.88. The van der Waals surface area contributed by atoms with E-state index in [1.165, 1.54) is 12.8 Å². The first-order chi connectivity index (χ1) is 8.24. The SMILES string of the molecule is O=C(O)CNCc1cc(C=NC2CC2)ccn1. The molecule has 1 aliphatic rings. The molecule has 0 spiro atoms. The lowest BCUT2D eigenvalue weighted by Crippen LogP contribution is -2.22. The van der Waals surface area contributed by atoms with Crippen LogP contribution in [0.15, 0.2) is 23.3 Å². The van der Waals surface area contributed by atoms with Gasteiger partial charge >= 0.3 is 5.97 Å². The molecule has 0 atom stereocenters. The van der Waals surface area contributed by atoms with Crippen LogP contribution in [0.4, 0.5) is 0 Å². The molecule has 17 heavy (non-hydrogen) atoms. The second-order valence-corrected chi connectivity index (χ2v) is 4.09. The molecule has 5 heteroatoms. The van der Waals surface area contributed by atoms with Crippen molar-refractivity contribution in [1.82, 2.24) is 10.3 Å². The molecule has 1 aromatic rings. The van der Waals surface area contributed by atoms with Crippen LogP contribution >= 0.6 is 0 Å². The first kappa shape index (κ1) is 11.7. The van der Waals surface area contributed by atoms with Crippen molar-refractivity contribution in [3.63, 3.8) is 0 Å². The molecule has 0 bridgehead atoms. The van der Waals surface area contributed by atoms with Gasteiger partial charge in [-0.25, -0.2) is 0 Å². The summed E-state index contributed by atoms with van der Waals surface area (Å²) < 4.78 is 0. The Labute approximate surface area is 99.6 Å². The Hall–Kier alpha value is -1.75. The highest BCUT2D eigenvalue weighted by Crippen LogP contribution is 2.23. The number of pyridine rings is 1. The summed E-state index contributed by atoms with van der Waals surface area (Å²) in [7, 11) is 0. The minimum Gasteiger partial charge on any atom is -0.480 e. The number of carboxylic acid groups (broad SMARTS) is 1. The van der Waals surface area contributed by atoms with E-state index in [2.05, 4.69) is 15.3 Å². The van der Waals surface area contributed by atoms with Crippen molar-refractivity contribution in [3.8, 4) is 0 Å². The van der Waals surface area contributed by atoms with Gasteiger partial charge in [0.1, 0.15) is 0 Å². The first-order valence-electron chi connectivity index (χ1n) is 5.64. The molecule has 0 unspecified atom stereocenters. The van der Waals surface area contributed by atoms with Gasteiger partial charge in [0, 0.05) is 19.0 Å². The summed E-state index contributed by atoms with van der Waals surface area (Å²) in [4.78, 5) is 18.9. The van der Waals surface area contributed by atoms with Crippen molar-refractivity contribution in [2.75, 3.05) is 6.54 Å². The maximum atomic E-state index is 10.3. The molecule has 0 radical (unpaired) electrons. The largest absolute Gasteiger partial charge is 0.480 e. The molecule has 1 heterocycles. The van der Waals surface area contributed by atoms with Gasteiger partial charge in [-0.3, -0.25) is 14.8 Å². The van der Waals surface area contributed by atoms with Gasteiger partial charge in [-0.2, -0.15) is 0 Å². The molecule has 0 aliphatic heterocycles. The van der Waals surface area contributed by atoms with E-state index in [0.717, 1.165) is 11.3 Å². The van der Waals surface area contributed by atoms with Crippen LogP contribution in [0.3, 0.4) is 0 Å². The fourth-order valence-corrected chi connectivity index (χ4v) is 1.39. The summed E-state index contributed by atoms with van der Waals surface area (Å²) in [6, 6.07) is 4.32. The van der Waals surface area contributed by atoms with Crippen LogP contribution in [0, 0.1) is 0 Å². The van der Waals surface area contributed by atoms with E-state index >= 15 is 0 Å². The lowest BCUT2D eigenvalue weighted by atomic mass is 10.2. The predicted molar refractivity (Wildman–Crippen MR) is 64.2 cm³/mol. The summed E-state index contributed by atoms with van der Waals surface area (Å²) in [6.45, 7) is 0.402. The third kappa shape index (κ3) is 4.32. The molecule has 2 rings (SSSR count). The molecule has 1 saturated carbocycles. The maximum Gasteiger partial charge on any atom is 0.317 e. The third-order valence-electron chi connectivity index (χ3n) is 2.40. The Kier molecular flexibility index (Phi) is 3.82. The number of carboxylic acids is 1. The number of carbonyl (C=O) groups is 1. The average molecular weight is 233 g/mol. The molecule has 0 saturated heterocycles. The van der Waals surface area contributed by atoms with Crippen LogP contribution in [-0.4, -0.2) is 34.9 Å². The standard InChI is InChI=1S/C12H15N3O2/c16-12(17)8-13-7-11-5-9(3-4-14-11)6-15-10-1-2-10/h3-6,10,13H,1-2,7-8H2,(H,16,17). The molecular weight excluding hydrogens is 218 g/mol. The Morgan fingerprint density at radius 2 is 2.47 bits per heavy atom. The lowest BCUT2D eigenvalue weighted by molar-refractivity contribution is -0.135. The van der Waals surface area contributed by atoms with Crippen molar-refractivity contribution in [1.29, 1.82) is 0 Å². The summed E-state index contributed by atoms with van der Waals surface area (Å²) >= 11 is 0. The highest BCUT2D eigenvalue weighted by Gasteiger charge is 2.18. The van der Waals surface area contributed by atoms with Crippen LogP contribution in [0.25, 0.3) is 0 Å². The van der Waals surface area contributed by atoms with E-state index in [1.54, 1.807) is 6.20 Å². The maximum absolute atomic E-state index is 10.3. The van der Waals surface area contributed by atoms with Crippen LogP contribution in [0.1, 0.15) is 24.1 Å². The number of nitrogens with zero attached hydrogens (tertiary/aromatic N) is 2. The minimum absolute atomic E-state index is 0.0535. The van der Waals surface area contributed by atoms with E-state index in [9.17, 15) is 4.79 Å². The van der Waals surface area contributed by atoms with Gasteiger partial charge < -0.3 is 10.4 Å². The zero-order chi connectivity index (χ0) is 12.1. The highest BCUT2D eigenvalue weighted by atomic mass is 16.4. The van der Waals surface area contributed by atoms with Gasteiger partial charge in [0.2, 0.25) is 0 Å². The molecule has 5 nitrogen and oxygen atoms in total. The normalized spacial score (nSPS) is 15.3. The van der Waals surface area contributed by atoms with Gasteiger partial charge in [-0.15, -0.1) is 0 Å². The van der Waals surface area contributed by atoms with Crippen molar-refractivity contribution < 1.29 is 9.90 Å². The topological polar surface area (TPSA) is 74.6 Å². The number of aliphatic carboxylic acids is 1. The number of rotatable bonds is 6. The summed E-state index contributed by atoms with van der Waals surface area (Å²) in [5, 5.41) is 11.3. The molecule has 0 aromatic carbocycles. The van der Waals surface area contributed by atoms with Crippen LogP contribution in [0.2, 0.25) is 0 Å². The van der Waals surface area contributed by atoms with E-state index in [4.69, 9.17) is 5.11 Å². The lowest BCUT2D eigenvalue weighted by Gasteiger charge is -2.02. The average Bonchev–Trinajstić information content (AvgIpc) is 3.10. The minimum atomic E-state index is -0.864. The molecule has 90 valence electrons. The first-order valence-corrected chi connectivity index (χ1v) is 5.64. The number of hydrogen-bond acceptors (Lipinski definition) is 4. The van der Waals surface area contributed by atoms with E-state index < -0.39 is 5.97 Å². The van der Waals surface area contributed by atoms with Crippen molar-refractivity contribution in [3.05, 3.63) is 29.6 Å². The second-order valence-electron chi connectivity index (χ2n) is 4.09. The van der Waals surface area contributed by atoms with E-state index in [1.807, 2.05) is 18.3 Å². The molecular formula is C12H15N3O2. The van der Waals surface area contributed by atoms with Gasteiger partial charge in [0.05, 0.1) is 18.3 Å². The summed E-state index contributed by atoms with van der Waals surface area (Å²) in [5.74, 6) is -0.864. The Bertz CT molecular complexity index is 428. The fourth-order valence-electron chi connectivity index (χ4n) is 1.39. The fraction of sp³-hybridized carbons (Fsp3) is 0.417. The van der Waals surface area contributed by atoms with Crippen molar-refractivity contribution >= 4 is 12.2 Å². The van der Waals surface area contributed by atoms with E-state index in [0.29, 0.717) is 12.6 Å². The van der Waals surface area contributed by atoms with Crippen LogP contribution < -0.4 is 5.32 Å². The summed E-state index contributed by atoms with van der Waals surface area (Å²) in [5.41, 5.74) is 1.84. The zero-order valence-electron chi connectivity index (χ0n) is 9.47. The smallest absolute Gasteiger partial charge is 0.317 e. The van der Waals surface area contributed by atoms with Crippen molar-refractivity contribution in [2.45, 2.75) is 25.4 Å². The number of aromatic nitrogens is 1. The third-order valence-corrected chi connectivity index (χ3v) is 2.40. The quantitative estimate of drug-likeness (QED) is 0.714. The van der Waals surface area contributed by atoms with Crippen LogP contribution in [0.5, 0.6) is 0 Å². The number of hydrogen-bond donors (Lipinski definition) is 2. The molecule has 1 aliphatic carbocycles. The van der Waals surface area contributed by atoms with Crippen LogP contribution in [-0.2, 0) is 11.3 Å². The van der Waals surface area contributed by atoms with Crippen molar-refractivity contribution in [2.24, 2.45) is 4.99 Å². The van der Waals surface area contributed by atoms with E-state index in [-0.39, 0.29) is 6.54 Å². The predicted octanol–water partition coefficient (Wildman–Crippen LogP) is 0.837. The van der Waals surface area contributed by atoms with Gasteiger partial charge in [0.15, 0.2) is 0 Å². The number of nitrogens with one attached hydrogen (secondary N) is 1. The molecule has 1 aromatic heterocycles. The van der Waals surface area contributed by atoms with Gasteiger partial charge in [0.25, 0.3) is 0 Å². The van der Waals surface area contributed by atoms with Gasteiger partial charge in [-0.05, 0) is 30.5 Å². The number of aliphatic imine (C=N–C) groups is 1.